The number of hydrogen-bond acceptors (Lipinski definition) is 2. The van der Waals surface area contributed by atoms with E-state index in [1.54, 1.807) is 6.92 Å². The third kappa shape index (κ3) is 4.18. The molecule has 0 bridgehead atoms. The summed E-state index contributed by atoms with van der Waals surface area (Å²) in [7, 11) is 0. The number of nitrogens with zero attached hydrogens (tertiary/aromatic N) is 1. The van der Waals surface area contributed by atoms with E-state index in [0.717, 1.165) is 4.90 Å². The zero-order valence-corrected chi connectivity index (χ0v) is 10.2. The molecule has 1 rings (SSSR count). The first-order valence-corrected chi connectivity index (χ1v) is 5.91. The van der Waals surface area contributed by atoms with Crippen molar-refractivity contribution in [1.29, 1.82) is 0 Å². The molecular weight excluding hydrogens is 233 g/mol. The number of hydrogen-bond donors (Lipinski definition) is 1. The minimum absolute atomic E-state index is 0.107. The van der Waals surface area contributed by atoms with Crippen LogP contribution < -0.4 is 5.32 Å². The second kappa shape index (κ2) is 5.71. The van der Waals surface area contributed by atoms with Gasteiger partial charge in [-0.3, -0.25) is 4.79 Å². The summed E-state index contributed by atoms with van der Waals surface area (Å²) < 4.78 is 37.1. The van der Waals surface area contributed by atoms with Crippen LogP contribution in [0.4, 0.5) is 13.2 Å². The number of carbonyl (C=O) groups excluding carboxylic acids is 1. The smallest absolute Gasteiger partial charge is 0.333 e. The van der Waals surface area contributed by atoms with Crippen molar-refractivity contribution in [2.75, 3.05) is 26.2 Å². The quantitative estimate of drug-likeness (QED) is 0.825. The molecule has 6 heteroatoms. The van der Waals surface area contributed by atoms with E-state index in [9.17, 15) is 18.0 Å². The fourth-order valence-corrected chi connectivity index (χ4v) is 2.13. The highest BCUT2D eigenvalue weighted by atomic mass is 19.4. The van der Waals surface area contributed by atoms with Crippen molar-refractivity contribution in [2.45, 2.75) is 26.4 Å². The number of amides is 1. The predicted octanol–water partition coefficient (Wildman–Crippen LogP) is 1.64. The van der Waals surface area contributed by atoms with Crippen LogP contribution in [-0.4, -0.2) is 43.2 Å². The van der Waals surface area contributed by atoms with E-state index in [1.807, 2.05) is 6.92 Å². The van der Waals surface area contributed by atoms with Gasteiger partial charge in [0.05, 0.1) is 5.92 Å². The van der Waals surface area contributed by atoms with E-state index < -0.39 is 12.7 Å². The Balaban J connectivity index is 2.66. The molecule has 1 aliphatic rings. The molecule has 1 fully saturated rings. The van der Waals surface area contributed by atoms with E-state index in [-0.39, 0.29) is 24.3 Å². The molecule has 1 saturated heterocycles. The van der Waals surface area contributed by atoms with Crippen molar-refractivity contribution in [2.24, 2.45) is 11.8 Å². The molecule has 0 aromatic rings. The Labute approximate surface area is 99.4 Å². The van der Waals surface area contributed by atoms with Gasteiger partial charge in [0.1, 0.15) is 6.54 Å². The van der Waals surface area contributed by atoms with E-state index in [1.165, 1.54) is 0 Å². The van der Waals surface area contributed by atoms with Gasteiger partial charge in [0.25, 0.3) is 0 Å². The maximum absolute atomic E-state index is 12.4. The van der Waals surface area contributed by atoms with Crippen LogP contribution in [0.5, 0.6) is 0 Å². The zero-order valence-electron chi connectivity index (χ0n) is 10.2. The standard InChI is InChI=1S/C11H19F3N2O/c1-3-4-16(7-11(12,13)14)10(17)9-6-15-5-8(9)2/h8-9,15H,3-7H2,1-2H3/t8-,9-/m1/s1. The van der Waals surface area contributed by atoms with Gasteiger partial charge in [0.15, 0.2) is 0 Å². The molecule has 3 nitrogen and oxygen atoms in total. The lowest BCUT2D eigenvalue weighted by atomic mass is 9.96. The monoisotopic (exact) mass is 252 g/mol. The first-order valence-electron chi connectivity index (χ1n) is 5.91. The largest absolute Gasteiger partial charge is 0.406 e. The summed E-state index contributed by atoms with van der Waals surface area (Å²) in [4.78, 5) is 12.9. The molecular formula is C11H19F3N2O. The molecule has 100 valence electrons. The summed E-state index contributed by atoms with van der Waals surface area (Å²) in [5.74, 6) is -0.583. The fraction of sp³-hybridized carbons (Fsp3) is 0.909. The van der Waals surface area contributed by atoms with Crippen molar-refractivity contribution >= 4 is 5.91 Å². The number of halogens is 3. The topological polar surface area (TPSA) is 32.3 Å². The highest BCUT2D eigenvalue weighted by Crippen LogP contribution is 2.22. The molecule has 0 aromatic carbocycles. The molecule has 0 saturated carbocycles. The molecule has 1 amide bonds. The Morgan fingerprint density at radius 2 is 2.06 bits per heavy atom. The van der Waals surface area contributed by atoms with Crippen LogP contribution in [0.3, 0.4) is 0 Å². The van der Waals surface area contributed by atoms with E-state index >= 15 is 0 Å². The minimum Gasteiger partial charge on any atom is -0.333 e. The van der Waals surface area contributed by atoms with Crippen LogP contribution >= 0.6 is 0 Å². The fourth-order valence-electron chi connectivity index (χ4n) is 2.13. The van der Waals surface area contributed by atoms with Gasteiger partial charge in [-0.05, 0) is 18.9 Å². The molecule has 1 heterocycles. The first kappa shape index (κ1) is 14.3. The van der Waals surface area contributed by atoms with Crippen molar-refractivity contribution in [3.05, 3.63) is 0 Å². The summed E-state index contributed by atoms with van der Waals surface area (Å²) >= 11 is 0. The van der Waals surface area contributed by atoms with Crippen molar-refractivity contribution in [3.8, 4) is 0 Å². The van der Waals surface area contributed by atoms with E-state index in [4.69, 9.17) is 0 Å². The normalized spacial score (nSPS) is 25.0. The number of nitrogens with one attached hydrogen (secondary N) is 1. The third-order valence-corrected chi connectivity index (χ3v) is 3.01. The highest BCUT2D eigenvalue weighted by molar-refractivity contribution is 5.79. The van der Waals surface area contributed by atoms with Crippen LogP contribution in [0.25, 0.3) is 0 Å². The Bertz CT molecular complexity index is 268. The van der Waals surface area contributed by atoms with Gasteiger partial charge in [-0.25, -0.2) is 0 Å². The molecule has 0 aliphatic carbocycles. The Morgan fingerprint density at radius 1 is 1.41 bits per heavy atom. The van der Waals surface area contributed by atoms with Crippen LogP contribution in [0.1, 0.15) is 20.3 Å². The first-order chi connectivity index (χ1) is 7.85. The van der Waals surface area contributed by atoms with Crippen molar-refractivity contribution in [1.82, 2.24) is 10.2 Å². The molecule has 0 radical (unpaired) electrons. The SMILES string of the molecule is CCCN(CC(F)(F)F)C(=O)[C@@H]1CNC[C@H]1C. The Hall–Kier alpha value is -0.780. The zero-order chi connectivity index (χ0) is 13.1. The van der Waals surface area contributed by atoms with E-state index in [0.29, 0.717) is 19.5 Å². The van der Waals surface area contributed by atoms with Crippen LogP contribution in [-0.2, 0) is 4.79 Å². The number of carbonyl (C=O) groups is 1. The van der Waals surface area contributed by atoms with Gasteiger partial charge in [-0.2, -0.15) is 13.2 Å². The molecule has 0 spiro atoms. The second-order valence-corrected chi connectivity index (χ2v) is 4.62. The lowest BCUT2D eigenvalue weighted by Crippen LogP contribution is -2.44. The van der Waals surface area contributed by atoms with E-state index in [2.05, 4.69) is 5.32 Å². The molecule has 17 heavy (non-hydrogen) atoms. The second-order valence-electron chi connectivity index (χ2n) is 4.62. The number of alkyl halides is 3. The van der Waals surface area contributed by atoms with Gasteiger partial charge >= 0.3 is 6.18 Å². The maximum atomic E-state index is 12.4. The summed E-state index contributed by atoms with van der Waals surface area (Å²) in [6, 6.07) is 0. The molecule has 0 aromatic heterocycles. The minimum atomic E-state index is -4.32. The third-order valence-electron chi connectivity index (χ3n) is 3.01. The Morgan fingerprint density at radius 3 is 2.47 bits per heavy atom. The maximum Gasteiger partial charge on any atom is 0.406 e. The number of rotatable bonds is 4. The van der Waals surface area contributed by atoms with Crippen molar-refractivity contribution < 1.29 is 18.0 Å². The van der Waals surface area contributed by atoms with Crippen LogP contribution in [0.2, 0.25) is 0 Å². The van der Waals surface area contributed by atoms with Gasteiger partial charge < -0.3 is 10.2 Å². The van der Waals surface area contributed by atoms with Gasteiger partial charge in [0.2, 0.25) is 5.91 Å². The lowest BCUT2D eigenvalue weighted by molar-refractivity contribution is -0.164. The summed E-state index contributed by atoms with van der Waals surface area (Å²) in [5, 5.41) is 3.03. The molecule has 1 N–H and O–H groups in total. The summed E-state index contributed by atoms with van der Waals surface area (Å²) in [6.07, 6.45) is -3.78. The summed E-state index contributed by atoms with van der Waals surface area (Å²) in [5.41, 5.74) is 0. The average Bonchev–Trinajstić information content (AvgIpc) is 2.61. The summed E-state index contributed by atoms with van der Waals surface area (Å²) in [6.45, 7) is 3.87. The van der Waals surface area contributed by atoms with Crippen LogP contribution in [0, 0.1) is 11.8 Å². The van der Waals surface area contributed by atoms with Crippen molar-refractivity contribution in [3.63, 3.8) is 0 Å². The molecule has 0 unspecified atom stereocenters. The molecule has 1 aliphatic heterocycles. The average molecular weight is 252 g/mol. The van der Waals surface area contributed by atoms with Crippen LogP contribution in [0.15, 0.2) is 0 Å². The van der Waals surface area contributed by atoms with Gasteiger partial charge in [-0.1, -0.05) is 13.8 Å². The van der Waals surface area contributed by atoms with Gasteiger partial charge in [-0.15, -0.1) is 0 Å². The van der Waals surface area contributed by atoms with Gasteiger partial charge in [0, 0.05) is 13.1 Å². The highest BCUT2D eigenvalue weighted by Gasteiger charge is 2.37. The predicted molar refractivity (Wildman–Crippen MR) is 58.4 cm³/mol. The molecule has 2 atom stereocenters. The lowest BCUT2D eigenvalue weighted by Gasteiger charge is -2.27. The Kier molecular flexibility index (Phi) is 4.80.